The van der Waals surface area contributed by atoms with Gasteiger partial charge >= 0.3 is 0 Å². The number of carbonyl (C=O) groups excluding carboxylic acids is 1. The summed E-state index contributed by atoms with van der Waals surface area (Å²) in [4.78, 5) is 36.3. The van der Waals surface area contributed by atoms with Crippen molar-refractivity contribution in [3.8, 4) is 0 Å². The molecule has 1 N–H and O–H groups in total. The van der Waals surface area contributed by atoms with Crippen LogP contribution in [0.4, 0.5) is 0 Å². The van der Waals surface area contributed by atoms with Gasteiger partial charge in [0.2, 0.25) is 5.91 Å². The highest BCUT2D eigenvalue weighted by molar-refractivity contribution is 7.99. The second-order valence-electron chi connectivity index (χ2n) is 6.97. The fourth-order valence-corrected chi connectivity index (χ4v) is 4.98. The minimum atomic E-state index is -0.232. The number of hydrogen-bond acceptors (Lipinski definition) is 5. The number of benzene rings is 1. The molecule has 0 bridgehead atoms. The van der Waals surface area contributed by atoms with Crippen molar-refractivity contribution in [3.05, 3.63) is 62.5 Å². The van der Waals surface area contributed by atoms with Gasteiger partial charge in [0.25, 0.3) is 5.56 Å². The number of aromatic nitrogens is 2. The largest absolute Gasteiger partial charge is 0.338 e. The number of aryl methyl sites for hydroxylation is 2. The third kappa shape index (κ3) is 4.15. The van der Waals surface area contributed by atoms with Crippen LogP contribution in [0.5, 0.6) is 0 Å². The average Bonchev–Trinajstić information content (AvgIpc) is 2.99. The summed E-state index contributed by atoms with van der Waals surface area (Å²) in [5.74, 6) is 1.16. The van der Waals surface area contributed by atoms with Crippen molar-refractivity contribution >= 4 is 39.2 Å². The second kappa shape index (κ2) is 8.49. The first-order valence-electron chi connectivity index (χ1n) is 9.21. The normalized spacial score (nSPS) is 13.5. The predicted molar refractivity (Wildman–Crippen MR) is 118 cm³/mol. The van der Waals surface area contributed by atoms with Gasteiger partial charge in [0.05, 0.1) is 22.4 Å². The number of hydrogen-bond donors (Lipinski definition) is 1. The van der Waals surface area contributed by atoms with E-state index < -0.39 is 0 Å². The molecule has 0 saturated carbocycles. The molecule has 1 amide bonds. The first-order chi connectivity index (χ1) is 13.3. The van der Waals surface area contributed by atoms with Crippen LogP contribution in [-0.2, 0) is 10.5 Å². The highest BCUT2D eigenvalue weighted by Crippen LogP contribution is 2.27. The maximum absolute atomic E-state index is 12.8. The summed E-state index contributed by atoms with van der Waals surface area (Å²) in [6, 6.07) is 9.99. The average molecular weight is 416 g/mol. The highest BCUT2D eigenvalue weighted by Gasteiger charge is 2.23. The van der Waals surface area contributed by atoms with Gasteiger partial charge in [0.1, 0.15) is 10.7 Å². The quantitative estimate of drug-likeness (QED) is 0.646. The van der Waals surface area contributed by atoms with E-state index in [-0.39, 0.29) is 22.8 Å². The second-order valence-corrected chi connectivity index (χ2v) is 9.50. The lowest BCUT2D eigenvalue weighted by Crippen LogP contribution is -2.35. The fourth-order valence-electron chi connectivity index (χ4n) is 3.08. The molecule has 2 unspecified atom stereocenters. The summed E-state index contributed by atoms with van der Waals surface area (Å²) in [5.41, 5.74) is 2.00. The summed E-state index contributed by atoms with van der Waals surface area (Å²) in [6.07, 6.45) is 0. The molecule has 0 spiro atoms. The fraction of sp³-hybridized carbons (Fsp3) is 0.381. The van der Waals surface area contributed by atoms with Gasteiger partial charge in [-0.3, -0.25) is 9.59 Å². The maximum atomic E-state index is 12.8. The lowest BCUT2D eigenvalue weighted by Gasteiger charge is -2.27. The Hall–Kier alpha value is -2.12. The maximum Gasteiger partial charge on any atom is 0.259 e. The zero-order valence-electron chi connectivity index (χ0n) is 16.8. The number of nitrogens with one attached hydrogen (secondary N) is 1. The molecule has 0 aliphatic carbocycles. The standard InChI is InChI=1S/C21H25N3O2S2/c1-12-14(3)28-20-18(12)19(25)22-17(23-20)11-27-15(4)21(26)24(5)13(2)16-9-7-6-8-10-16/h6-10,13,15H,11H2,1-5H3,(H,22,23,25). The SMILES string of the molecule is Cc1sc2nc(CSC(C)C(=O)N(C)C(C)c3ccccc3)[nH]c(=O)c2c1C. The summed E-state index contributed by atoms with van der Waals surface area (Å²) in [7, 11) is 1.83. The van der Waals surface area contributed by atoms with Crippen LogP contribution in [0.3, 0.4) is 0 Å². The molecule has 0 fully saturated rings. The molecule has 28 heavy (non-hydrogen) atoms. The van der Waals surface area contributed by atoms with Crippen molar-refractivity contribution in [2.75, 3.05) is 7.05 Å². The van der Waals surface area contributed by atoms with Gasteiger partial charge in [-0.05, 0) is 38.8 Å². The zero-order valence-corrected chi connectivity index (χ0v) is 18.4. The van der Waals surface area contributed by atoms with Gasteiger partial charge in [0, 0.05) is 11.9 Å². The third-order valence-corrected chi connectivity index (χ3v) is 7.36. The van der Waals surface area contributed by atoms with Crippen LogP contribution < -0.4 is 5.56 Å². The smallest absolute Gasteiger partial charge is 0.259 e. The molecule has 3 rings (SSSR count). The van der Waals surface area contributed by atoms with Gasteiger partial charge in [0.15, 0.2) is 0 Å². The Morgan fingerprint density at radius 2 is 1.93 bits per heavy atom. The lowest BCUT2D eigenvalue weighted by atomic mass is 10.1. The monoisotopic (exact) mass is 415 g/mol. The molecule has 2 atom stereocenters. The highest BCUT2D eigenvalue weighted by atomic mass is 32.2. The Morgan fingerprint density at radius 1 is 1.25 bits per heavy atom. The van der Waals surface area contributed by atoms with E-state index in [9.17, 15) is 9.59 Å². The summed E-state index contributed by atoms with van der Waals surface area (Å²) in [5, 5.41) is 0.445. The van der Waals surface area contributed by atoms with Gasteiger partial charge in [-0.25, -0.2) is 4.98 Å². The van der Waals surface area contributed by atoms with E-state index in [1.807, 2.05) is 65.1 Å². The zero-order chi connectivity index (χ0) is 20.4. The van der Waals surface area contributed by atoms with Crippen molar-refractivity contribution in [3.63, 3.8) is 0 Å². The van der Waals surface area contributed by atoms with Crippen molar-refractivity contribution in [2.45, 2.75) is 44.7 Å². The predicted octanol–water partition coefficient (Wildman–Crippen LogP) is 4.44. The summed E-state index contributed by atoms with van der Waals surface area (Å²) < 4.78 is 0. The van der Waals surface area contributed by atoms with Crippen LogP contribution in [0.1, 0.15) is 41.7 Å². The Kier molecular flexibility index (Phi) is 6.25. The molecule has 0 radical (unpaired) electrons. The molecule has 0 aliphatic heterocycles. The number of H-pyrrole nitrogens is 1. The van der Waals surface area contributed by atoms with Crippen molar-refractivity contribution in [1.29, 1.82) is 0 Å². The van der Waals surface area contributed by atoms with Crippen molar-refractivity contribution < 1.29 is 4.79 Å². The van der Waals surface area contributed by atoms with Crippen LogP contribution >= 0.6 is 23.1 Å². The van der Waals surface area contributed by atoms with Crippen LogP contribution in [0.2, 0.25) is 0 Å². The Morgan fingerprint density at radius 3 is 2.61 bits per heavy atom. The van der Waals surface area contributed by atoms with Crippen molar-refractivity contribution in [2.24, 2.45) is 0 Å². The number of rotatable bonds is 6. The van der Waals surface area contributed by atoms with Gasteiger partial charge in [-0.2, -0.15) is 0 Å². The van der Waals surface area contributed by atoms with E-state index in [1.54, 1.807) is 4.90 Å². The first-order valence-corrected chi connectivity index (χ1v) is 11.1. The summed E-state index contributed by atoms with van der Waals surface area (Å²) >= 11 is 3.03. The Bertz CT molecular complexity index is 1040. The molecule has 1 aromatic carbocycles. The van der Waals surface area contributed by atoms with E-state index >= 15 is 0 Å². The number of fused-ring (bicyclic) bond motifs is 1. The minimum Gasteiger partial charge on any atom is -0.338 e. The van der Waals surface area contributed by atoms with E-state index in [4.69, 9.17) is 0 Å². The van der Waals surface area contributed by atoms with Crippen LogP contribution in [0.25, 0.3) is 10.2 Å². The molecule has 2 aromatic heterocycles. The molecule has 0 saturated heterocycles. The molecule has 0 aliphatic rings. The Labute approximate surface area is 173 Å². The number of nitrogens with zero attached hydrogens (tertiary/aromatic N) is 2. The molecule has 148 valence electrons. The topological polar surface area (TPSA) is 66.1 Å². The lowest BCUT2D eigenvalue weighted by molar-refractivity contribution is -0.130. The van der Waals surface area contributed by atoms with Gasteiger partial charge < -0.3 is 9.88 Å². The van der Waals surface area contributed by atoms with E-state index in [0.29, 0.717) is 17.0 Å². The third-order valence-electron chi connectivity index (χ3n) is 5.12. The van der Waals surface area contributed by atoms with Crippen LogP contribution in [-0.4, -0.2) is 33.1 Å². The number of aromatic amines is 1. The minimum absolute atomic E-state index is 0.00287. The summed E-state index contributed by atoms with van der Waals surface area (Å²) in [6.45, 7) is 7.88. The number of amides is 1. The molecular formula is C21H25N3O2S2. The molecule has 2 heterocycles. The molecular weight excluding hydrogens is 390 g/mol. The van der Waals surface area contributed by atoms with Crippen LogP contribution in [0.15, 0.2) is 35.1 Å². The number of thiophene rings is 1. The molecule has 3 aromatic rings. The van der Waals surface area contributed by atoms with Gasteiger partial charge in [-0.1, -0.05) is 30.3 Å². The molecule has 5 nitrogen and oxygen atoms in total. The van der Waals surface area contributed by atoms with E-state index in [2.05, 4.69) is 9.97 Å². The number of carbonyl (C=O) groups is 1. The van der Waals surface area contributed by atoms with E-state index in [1.165, 1.54) is 23.1 Å². The van der Waals surface area contributed by atoms with Gasteiger partial charge in [-0.15, -0.1) is 23.1 Å². The van der Waals surface area contributed by atoms with Crippen LogP contribution in [0, 0.1) is 13.8 Å². The van der Waals surface area contributed by atoms with Crippen molar-refractivity contribution in [1.82, 2.24) is 14.9 Å². The van der Waals surface area contributed by atoms with E-state index in [0.717, 1.165) is 20.8 Å². The molecule has 7 heteroatoms. The number of thioether (sulfide) groups is 1. The Balaban J connectivity index is 1.68. The first kappa shape index (κ1) is 20.6.